The number of carbonyl (C=O) groups is 4. The number of carboxylic acid groups (broad SMARTS) is 4. The number of carboxylic acids is 4. The van der Waals surface area contributed by atoms with Crippen LogP contribution >= 0.6 is 0 Å². The molecular formula is C13H28N4O8. The average Bonchev–Trinajstić information content (AvgIpc) is 2.53. The van der Waals surface area contributed by atoms with E-state index in [1.165, 1.54) is 0 Å². The lowest BCUT2D eigenvalue weighted by Gasteiger charge is -2.03. The SMILES string of the molecule is NCC(N)C(=O)O.NCCCCC(N)C(=O)O.O=C(O)CCC(=O)O. The van der Waals surface area contributed by atoms with E-state index < -0.39 is 36.0 Å². The molecule has 0 aliphatic rings. The van der Waals surface area contributed by atoms with Crippen molar-refractivity contribution < 1.29 is 39.6 Å². The van der Waals surface area contributed by atoms with Crippen LogP contribution in [-0.2, 0) is 19.2 Å². The van der Waals surface area contributed by atoms with Gasteiger partial charge >= 0.3 is 23.9 Å². The molecule has 25 heavy (non-hydrogen) atoms. The molecule has 0 aliphatic heterocycles. The van der Waals surface area contributed by atoms with Gasteiger partial charge in [0.15, 0.2) is 0 Å². The summed E-state index contributed by atoms with van der Waals surface area (Å²) in [7, 11) is 0. The Labute approximate surface area is 144 Å². The van der Waals surface area contributed by atoms with E-state index in [9.17, 15) is 19.2 Å². The third-order valence-corrected chi connectivity index (χ3v) is 2.41. The number of hydrogen-bond acceptors (Lipinski definition) is 8. The summed E-state index contributed by atoms with van der Waals surface area (Å²) in [4.78, 5) is 39.1. The Morgan fingerprint density at radius 3 is 1.32 bits per heavy atom. The average molecular weight is 368 g/mol. The van der Waals surface area contributed by atoms with Crippen LogP contribution in [0.5, 0.6) is 0 Å². The van der Waals surface area contributed by atoms with Gasteiger partial charge in [0.05, 0.1) is 12.8 Å². The van der Waals surface area contributed by atoms with Gasteiger partial charge in [-0.3, -0.25) is 19.2 Å². The summed E-state index contributed by atoms with van der Waals surface area (Å²) < 4.78 is 0. The molecule has 2 atom stereocenters. The molecule has 12 heteroatoms. The van der Waals surface area contributed by atoms with Gasteiger partial charge in [0.1, 0.15) is 12.1 Å². The zero-order valence-corrected chi connectivity index (χ0v) is 13.8. The topological polar surface area (TPSA) is 253 Å². The monoisotopic (exact) mass is 368 g/mol. The fraction of sp³-hybridized carbons (Fsp3) is 0.692. The van der Waals surface area contributed by atoms with Crippen molar-refractivity contribution in [3.8, 4) is 0 Å². The third-order valence-electron chi connectivity index (χ3n) is 2.41. The standard InChI is InChI=1S/C6H14N2O2.C4H6O4.C3H8N2O2/c7-4-2-1-3-5(8)6(9)10;5-3(6)1-2-4(7)8;4-1-2(5)3(6)7/h5H,1-4,7-8H2,(H,9,10);1-2H2,(H,5,6)(H,7,8);2H,1,4-5H2,(H,6,7). The minimum absolute atomic E-state index is 0.00463. The largest absolute Gasteiger partial charge is 0.481 e. The van der Waals surface area contributed by atoms with Crippen molar-refractivity contribution in [3.05, 3.63) is 0 Å². The number of hydrogen-bond donors (Lipinski definition) is 8. The Hall–Kier alpha value is -2.28. The molecule has 2 unspecified atom stereocenters. The van der Waals surface area contributed by atoms with Gasteiger partial charge in [-0.25, -0.2) is 0 Å². The first kappa shape index (κ1) is 27.6. The Morgan fingerprint density at radius 1 is 0.720 bits per heavy atom. The minimum Gasteiger partial charge on any atom is -0.481 e. The van der Waals surface area contributed by atoms with E-state index >= 15 is 0 Å². The summed E-state index contributed by atoms with van der Waals surface area (Å²) >= 11 is 0. The molecule has 0 saturated carbocycles. The first-order valence-corrected chi connectivity index (χ1v) is 7.30. The summed E-state index contributed by atoms with van der Waals surface area (Å²) in [6, 6.07) is -1.62. The molecule has 12 nitrogen and oxygen atoms in total. The van der Waals surface area contributed by atoms with Crippen molar-refractivity contribution in [1.29, 1.82) is 0 Å². The van der Waals surface area contributed by atoms with Gasteiger partial charge in [-0.15, -0.1) is 0 Å². The van der Waals surface area contributed by atoms with E-state index in [0.29, 0.717) is 13.0 Å². The lowest BCUT2D eigenvalue weighted by molar-refractivity contribution is -0.143. The lowest BCUT2D eigenvalue weighted by Crippen LogP contribution is -2.37. The maximum Gasteiger partial charge on any atom is 0.321 e. The van der Waals surface area contributed by atoms with E-state index in [2.05, 4.69) is 0 Å². The Bertz CT molecular complexity index is 391. The van der Waals surface area contributed by atoms with Crippen LogP contribution in [0.15, 0.2) is 0 Å². The predicted octanol–water partition coefficient (Wildman–Crippen LogP) is -2.18. The maximum absolute atomic E-state index is 10.1. The Balaban J connectivity index is -0.000000296. The molecule has 0 heterocycles. The number of rotatable bonds is 10. The second-order valence-electron chi connectivity index (χ2n) is 4.70. The quantitative estimate of drug-likeness (QED) is 0.191. The van der Waals surface area contributed by atoms with E-state index in [0.717, 1.165) is 12.8 Å². The zero-order valence-electron chi connectivity index (χ0n) is 13.8. The maximum atomic E-state index is 10.1. The van der Waals surface area contributed by atoms with E-state index in [4.69, 9.17) is 43.4 Å². The van der Waals surface area contributed by atoms with Gasteiger partial charge in [-0.05, 0) is 19.4 Å². The second-order valence-corrected chi connectivity index (χ2v) is 4.70. The van der Waals surface area contributed by atoms with Gasteiger partial charge in [-0.1, -0.05) is 6.42 Å². The number of aliphatic carboxylic acids is 4. The van der Waals surface area contributed by atoms with Crippen LogP contribution in [0.3, 0.4) is 0 Å². The van der Waals surface area contributed by atoms with Crippen molar-refractivity contribution >= 4 is 23.9 Å². The highest BCUT2D eigenvalue weighted by atomic mass is 16.4. The molecule has 0 rings (SSSR count). The van der Waals surface area contributed by atoms with Gasteiger partial charge in [0, 0.05) is 6.54 Å². The van der Waals surface area contributed by atoms with Gasteiger partial charge in [0.25, 0.3) is 0 Å². The molecule has 148 valence electrons. The van der Waals surface area contributed by atoms with Crippen molar-refractivity contribution in [2.45, 2.75) is 44.2 Å². The van der Waals surface area contributed by atoms with Crippen LogP contribution in [0.1, 0.15) is 32.1 Å². The summed E-state index contributed by atoms with van der Waals surface area (Å²) in [6.07, 6.45) is 1.57. The molecule has 0 amide bonds. The molecule has 0 aliphatic carbocycles. The molecule has 0 bridgehead atoms. The molecule has 0 aromatic carbocycles. The summed E-state index contributed by atoms with van der Waals surface area (Å²) in [5, 5.41) is 32.1. The second kappa shape index (κ2) is 18.1. The molecule has 0 saturated heterocycles. The molecule has 0 spiro atoms. The van der Waals surface area contributed by atoms with Gasteiger partial charge in [0.2, 0.25) is 0 Å². The highest BCUT2D eigenvalue weighted by molar-refractivity contribution is 5.75. The molecule has 0 radical (unpaired) electrons. The van der Waals surface area contributed by atoms with Crippen LogP contribution in [0.25, 0.3) is 0 Å². The van der Waals surface area contributed by atoms with Gasteiger partial charge < -0.3 is 43.4 Å². The predicted molar refractivity (Wildman–Crippen MR) is 87.7 cm³/mol. The number of nitrogens with two attached hydrogens (primary N) is 4. The summed E-state index contributed by atoms with van der Waals surface area (Å²) in [5.41, 5.74) is 20.2. The Morgan fingerprint density at radius 2 is 1.12 bits per heavy atom. The van der Waals surface area contributed by atoms with Crippen LogP contribution in [0.2, 0.25) is 0 Å². The van der Waals surface area contributed by atoms with Crippen LogP contribution < -0.4 is 22.9 Å². The number of unbranched alkanes of at least 4 members (excludes halogenated alkanes) is 1. The summed E-state index contributed by atoms with van der Waals surface area (Å²) in [5.74, 6) is -4.14. The van der Waals surface area contributed by atoms with E-state index in [1.807, 2.05) is 0 Å². The fourth-order valence-corrected chi connectivity index (χ4v) is 0.947. The van der Waals surface area contributed by atoms with Crippen molar-refractivity contribution in [2.24, 2.45) is 22.9 Å². The van der Waals surface area contributed by atoms with Crippen molar-refractivity contribution in [3.63, 3.8) is 0 Å². The molecular weight excluding hydrogens is 340 g/mol. The molecule has 0 fully saturated rings. The van der Waals surface area contributed by atoms with Crippen LogP contribution in [0, 0.1) is 0 Å². The smallest absolute Gasteiger partial charge is 0.321 e. The molecule has 12 N–H and O–H groups in total. The van der Waals surface area contributed by atoms with Crippen molar-refractivity contribution in [2.75, 3.05) is 13.1 Å². The van der Waals surface area contributed by atoms with E-state index in [-0.39, 0.29) is 19.4 Å². The van der Waals surface area contributed by atoms with Gasteiger partial charge in [-0.2, -0.15) is 0 Å². The Kier molecular flexibility index (Phi) is 19.9. The zero-order chi connectivity index (χ0) is 20.4. The minimum atomic E-state index is -1.08. The first-order chi connectivity index (χ1) is 11.5. The highest BCUT2D eigenvalue weighted by Gasteiger charge is 2.09. The fourth-order valence-electron chi connectivity index (χ4n) is 0.947. The first-order valence-electron chi connectivity index (χ1n) is 7.30. The lowest BCUT2D eigenvalue weighted by atomic mass is 10.1. The van der Waals surface area contributed by atoms with E-state index in [1.54, 1.807) is 0 Å². The van der Waals surface area contributed by atoms with Crippen LogP contribution in [-0.4, -0.2) is 69.5 Å². The molecule has 0 aromatic rings. The summed E-state index contributed by atoms with van der Waals surface area (Å²) in [6.45, 7) is 0.599. The highest BCUT2D eigenvalue weighted by Crippen LogP contribution is 1.96. The van der Waals surface area contributed by atoms with Crippen LogP contribution in [0.4, 0.5) is 0 Å². The molecule has 0 aromatic heterocycles. The normalized spacial score (nSPS) is 11.7. The van der Waals surface area contributed by atoms with Crippen molar-refractivity contribution in [1.82, 2.24) is 0 Å². The third kappa shape index (κ3) is 26.9.